The van der Waals surface area contributed by atoms with E-state index in [0.717, 1.165) is 64.7 Å². The Labute approximate surface area is 244 Å². The van der Waals surface area contributed by atoms with E-state index >= 15 is 0 Å². The van der Waals surface area contributed by atoms with E-state index < -0.39 is 0 Å². The van der Waals surface area contributed by atoms with Crippen LogP contribution in [0.3, 0.4) is 0 Å². The molecule has 0 saturated carbocycles. The van der Waals surface area contributed by atoms with Crippen LogP contribution in [0.4, 0.5) is 11.4 Å². The fourth-order valence-corrected chi connectivity index (χ4v) is 6.45. The van der Waals surface area contributed by atoms with Gasteiger partial charge in [-0.15, -0.1) is 22.7 Å². The van der Waals surface area contributed by atoms with E-state index in [1.54, 1.807) is 36.9 Å². The summed E-state index contributed by atoms with van der Waals surface area (Å²) in [6.07, 6.45) is 0. The number of fused-ring (bicyclic) bond motifs is 2. The topological polar surface area (TPSA) is 81.0 Å². The minimum Gasteiger partial charge on any atom is -0.497 e. The molecule has 41 heavy (non-hydrogen) atoms. The number of para-hydroxylation sites is 2. The summed E-state index contributed by atoms with van der Waals surface area (Å²) in [7, 11) is 3.31. The summed E-state index contributed by atoms with van der Waals surface area (Å²) < 4.78 is 12.9. The van der Waals surface area contributed by atoms with Crippen molar-refractivity contribution in [2.75, 3.05) is 19.5 Å². The van der Waals surface area contributed by atoms with Gasteiger partial charge in [0.2, 0.25) is 0 Å². The van der Waals surface area contributed by atoms with Crippen molar-refractivity contribution in [3.63, 3.8) is 0 Å². The second-order valence-electron chi connectivity index (χ2n) is 9.17. The third-order valence-corrected chi connectivity index (χ3v) is 8.67. The van der Waals surface area contributed by atoms with Gasteiger partial charge in [0.1, 0.15) is 38.6 Å². The predicted octanol–water partition coefficient (Wildman–Crippen LogP) is 7.98. The number of ether oxygens (including phenoxy) is 2. The zero-order valence-electron chi connectivity index (χ0n) is 22.2. The van der Waals surface area contributed by atoms with Gasteiger partial charge >= 0.3 is 0 Å². The molecule has 200 valence electrons. The number of allylic oxidation sites excluding steroid dienone is 1. The number of rotatable bonds is 7. The fraction of sp³-hybridized carbons (Fsp3) is 0.0625. The van der Waals surface area contributed by atoms with Crippen molar-refractivity contribution in [3.8, 4) is 11.5 Å². The van der Waals surface area contributed by atoms with Crippen molar-refractivity contribution in [3.05, 3.63) is 113 Å². The number of benzene rings is 4. The quantitative estimate of drug-likeness (QED) is 0.209. The Bertz CT molecular complexity index is 1920. The lowest BCUT2D eigenvalue weighted by Gasteiger charge is -2.12. The average Bonchev–Trinajstić information content (AvgIpc) is 3.73. The van der Waals surface area contributed by atoms with Crippen LogP contribution in [-0.4, -0.2) is 35.6 Å². The predicted molar refractivity (Wildman–Crippen MR) is 169 cm³/mol. The highest BCUT2D eigenvalue weighted by Gasteiger charge is 2.32. The highest BCUT2D eigenvalue weighted by atomic mass is 32.1. The molecule has 1 N–H and O–H groups in total. The van der Waals surface area contributed by atoms with E-state index in [9.17, 15) is 0 Å². The van der Waals surface area contributed by atoms with Gasteiger partial charge in [0.05, 0.1) is 46.0 Å². The number of thiazole rings is 2. The normalized spacial score (nSPS) is 14.2. The van der Waals surface area contributed by atoms with Crippen LogP contribution < -0.4 is 14.8 Å². The zero-order chi connectivity index (χ0) is 27.8. The first-order chi connectivity index (χ1) is 20.2. The van der Waals surface area contributed by atoms with Crippen molar-refractivity contribution < 1.29 is 9.47 Å². The smallest absolute Gasteiger partial charge is 0.145 e. The average molecular weight is 574 g/mol. The molecule has 0 spiro atoms. The lowest BCUT2D eigenvalue weighted by atomic mass is 10.1. The molecule has 0 atom stereocenters. The molecule has 0 unspecified atom stereocenters. The van der Waals surface area contributed by atoms with Gasteiger partial charge in [-0.3, -0.25) is 0 Å². The summed E-state index contributed by atoms with van der Waals surface area (Å²) >= 11 is 3.21. The van der Waals surface area contributed by atoms with Gasteiger partial charge in [0.25, 0.3) is 0 Å². The van der Waals surface area contributed by atoms with Gasteiger partial charge in [0.15, 0.2) is 0 Å². The number of aromatic nitrogens is 2. The van der Waals surface area contributed by atoms with Gasteiger partial charge in [-0.05, 0) is 72.8 Å². The van der Waals surface area contributed by atoms with Gasteiger partial charge in [0, 0.05) is 5.69 Å². The Kier molecular flexibility index (Phi) is 6.50. The zero-order valence-corrected chi connectivity index (χ0v) is 23.8. The Morgan fingerprint density at radius 2 is 1.22 bits per heavy atom. The molecule has 0 aliphatic carbocycles. The number of nitrogens with one attached hydrogen (secondary N) is 1. The third-order valence-electron chi connectivity index (χ3n) is 6.59. The number of anilines is 1. The molecular formula is C32H23N5O2S2. The van der Waals surface area contributed by atoms with Crippen molar-refractivity contribution >= 4 is 71.6 Å². The third kappa shape index (κ3) is 4.86. The maximum absolute atomic E-state index is 5.37. The van der Waals surface area contributed by atoms with Gasteiger partial charge in [-0.1, -0.05) is 24.3 Å². The molecular weight excluding hydrogens is 551 g/mol. The van der Waals surface area contributed by atoms with Gasteiger partial charge in [-0.2, -0.15) is 0 Å². The van der Waals surface area contributed by atoms with E-state index in [0.29, 0.717) is 11.4 Å². The Hall–Kier alpha value is -4.86. The molecule has 0 radical (unpaired) electrons. The SMILES string of the molecule is COc1ccc(N=C2C(c3nc4ccccc4s3)=NC(c3nc4ccccc4s3)=C2Nc2ccc(OC)cc2)cc1. The van der Waals surface area contributed by atoms with E-state index in [4.69, 9.17) is 29.4 Å². The van der Waals surface area contributed by atoms with Crippen LogP contribution in [0.2, 0.25) is 0 Å². The number of aliphatic imine (C=N–C) groups is 2. The first kappa shape index (κ1) is 25.1. The van der Waals surface area contributed by atoms with Crippen LogP contribution in [0.15, 0.2) is 113 Å². The molecule has 0 fully saturated rings. The lowest BCUT2D eigenvalue weighted by Crippen LogP contribution is -2.18. The second kappa shape index (κ2) is 10.6. The minimum atomic E-state index is 0.694. The van der Waals surface area contributed by atoms with Crippen molar-refractivity contribution in [1.82, 2.24) is 9.97 Å². The number of methoxy groups -OCH3 is 2. The highest BCUT2D eigenvalue weighted by molar-refractivity contribution is 7.21. The number of hydrogen-bond acceptors (Lipinski definition) is 9. The van der Waals surface area contributed by atoms with E-state index in [1.807, 2.05) is 84.9 Å². The minimum absolute atomic E-state index is 0.694. The monoisotopic (exact) mass is 573 g/mol. The molecule has 3 heterocycles. The van der Waals surface area contributed by atoms with Crippen LogP contribution in [0.25, 0.3) is 26.1 Å². The van der Waals surface area contributed by atoms with Crippen LogP contribution in [0.5, 0.6) is 11.5 Å². The Morgan fingerprint density at radius 1 is 0.659 bits per heavy atom. The first-order valence-electron chi connectivity index (χ1n) is 12.9. The maximum Gasteiger partial charge on any atom is 0.145 e. The maximum atomic E-state index is 5.37. The first-order valence-corrected chi connectivity index (χ1v) is 14.5. The van der Waals surface area contributed by atoms with Crippen LogP contribution in [0, 0.1) is 0 Å². The summed E-state index contributed by atoms with van der Waals surface area (Å²) in [5.41, 5.74) is 6.39. The molecule has 6 aromatic rings. The van der Waals surface area contributed by atoms with Gasteiger partial charge < -0.3 is 14.8 Å². The molecule has 7 nitrogen and oxygen atoms in total. The van der Waals surface area contributed by atoms with Crippen LogP contribution in [0.1, 0.15) is 10.0 Å². The molecule has 2 aromatic heterocycles. The highest BCUT2D eigenvalue weighted by Crippen LogP contribution is 2.37. The van der Waals surface area contributed by atoms with Crippen LogP contribution in [-0.2, 0) is 0 Å². The molecule has 0 amide bonds. The molecule has 1 aliphatic heterocycles. The summed E-state index contributed by atoms with van der Waals surface area (Å²) in [5, 5.41) is 5.21. The Morgan fingerprint density at radius 3 is 1.83 bits per heavy atom. The summed E-state index contributed by atoms with van der Waals surface area (Å²) in [4.78, 5) is 20.2. The van der Waals surface area contributed by atoms with Crippen molar-refractivity contribution in [2.24, 2.45) is 9.98 Å². The molecule has 4 aromatic carbocycles. The van der Waals surface area contributed by atoms with Crippen molar-refractivity contribution in [2.45, 2.75) is 0 Å². The van der Waals surface area contributed by atoms with Gasteiger partial charge in [-0.25, -0.2) is 20.0 Å². The summed E-state index contributed by atoms with van der Waals surface area (Å²) in [6, 6.07) is 31.7. The molecule has 0 saturated heterocycles. The van der Waals surface area contributed by atoms with E-state index in [1.165, 1.54) is 0 Å². The second-order valence-corrected chi connectivity index (χ2v) is 11.2. The molecule has 0 bridgehead atoms. The largest absolute Gasteiger partial charge is 0.497 e. The lowest BCUT2D eigenvalue weighted by molar-refractivity contribution is 0.415. The number of hydrogen-bond donors (Lipinski definition) is 1. The summed E-state index contributed by atoms with van der Waals surface area (Å²) in [5.74, 6) is 1.55. The van der Waals surface area contributed by atoms with Crippen LogP contribution >= 0.6 is 22.7 Å². The molecule has 7 rings (SSSR count). The number of nitrogens with zero attached hydrogens (tertiary/aromatic N) is 4. The molecule has 1 aliphatic rings. The standard InChI is InChI=1S/C32H23N5O2S2/c1-38-21-15-11-19(12-16-21)33-27-28(34-20-13-17-22(39-2)18-14-20)30(32-36-24-8-4-6-10-26(24)41-32)37-29(27)31-35-23-7-3-5-9-25(23)40-31/h3-18H,1-2H3,(H,33,34). The van der Waals surface area contributed by atoms with Crippen molar-refractivity contribution in [1.29, 1.82) is 0 Å². The van der Waals surface area contributed by atoms with E-state index in [-0.39, 0.29) is 0 Å². The fourth-order valence-electron chi connectivity index (χ4n) is 4.53. The molecule has 9 heteroatoms. The summed E-state index contributed by atoms with van der Waals surface area (Å²) in [6.45, 7) is 0. The van der Waals surface area contributed by atoms with E-state index in [2.05, 4.69) is 17.4 Å². The Balaban J connectivity index is 1.43.